The molecule has 1 aromatic carbocycles. The second-order valence-corrected chi connectivity index (χ2v) is 5.90. The lowest BCUT2D eigenvalue weighted by atomic mass is 10.1. The van der Waals surface area contributed by atoms with Gasteiger partial charge in [-0.1, -0.05) is 30.3 Å². The summed E-state index contributed by atoms with van der Waals surface area (Å²) in [6.45, 7) is 4.45. The van der Waals surface area contributed by atoms with Crippen LogP contribution in [-0.4, -0.2) is 47.3 Å². The van der Waals surface area contributed by atoms with Crippen LogP contribution in [-0.2, 0) is 0 Å². The fraction of sp³-hybridized carbons (Fsp3) is 0.412. The molecule has 1 aliphatic heterocycles. The van der Waals surface area contributed by atoms with Crippen LogP contribution in [0.1, 0.15) is 12.8 Å². The normalized spacial score (nSPS) is 18.8. The summed E-state index contributed by atoms with van der Waals surface area (Å²) in [7, 11) is 0. The van der Waals surface area contributed by atoms with E-state index in [1.165, 1.54) is 12.8 Å². The molecule has 0 atom stereocenters. The minimum Gasteiger partial charge on any atom is -0.353 e. The van der Waals surface area contributed by atoms with Crippen LogP contribution in [0.3, 0.4) is 0 Å². The van der Waals surface area contributed by atoms with Crippen molar-refractivity contribution in [1.82, 2.24) is 15.1 Å². The molecule has 0 unspecified atom stereocenters. The van der Waals surface area contributed by atoms with E-state index in [0.717, 1.165) is 49.3 Å². The van der Waals surface area contributed by atoms with Crippen LogP contribution in [0.15, 0.2) is 42.5 Å². The van der Waals surface area contributed by atoms with Crippen LogP contribution in [0.5, 0.6) is 0 Å². The highest BCUT2D eigenvalue weighted by atomic mass is 35.5. The maximum atomic E-state index is 4.42. The van der Waals surface area contributed by atoms with Crippen molar-refractivity contribution in [3.8, 4) is 11.3 Å². The molecule has 2 aromatic rings. The Morgan fingerprint density at radius 3 is 2.14 bits per heavy atom. The number of nitrogens with zero attached hydrogens (tertiary/aromatic N) is 4. The monoisotopic (exact) mass is 316 g/mol. The first-order valence-corrected chi connectivity index (χ1v) is 7.78. The topological polar surface area (TPSA) is 32.3 Å². The van der Waals surface area contributed by atoms with Gasteiger partial charge in [-0.3, -0.25) is 4.90 Å². The molecule has 1 saturated heterocycles. The average molecular weight is 317 g/mol. The molecule has 1 aliphatic carbocycles. The summed E-state index contributed by atoms with van der Waals surface area (Å²) in [5, 5.41) is 8.81. The predicted molar refractivity (Wildman–Crippen MR) is 91.5 cm³/mol. The minimum atomic E-state index is 0. The Kier molecular flexibility index (Phi) is 4.60. The van der Waals surface area contributed by atoms with Crippen molar-refractivity contribution >= 4 is 18.2 Å². The highest BCUT2D eigenvalue weighted by molar-refractivity contribution is 5.85. The molecule has 4 rings (SSSR count). The Hall–Kier alpha value is -1.65. The molecule has 2 heterocycles. The molecule has 5 heteroatoms. The van der Waals surface area contributed by atoms with Crippen LogP contribution in [0.4, 0.5) is 5.82 Å². The molecular weight excluding hydrogens is 296 g/mol. The van der Waals surface area contributed by atoms with Crippen molar-refractivity contribution in [2.75, 3.05) is 31.1 Å². The Morgan fingerprint density at radius 1 is 0.818 bits per heavy atom. The van der Waals surface area contributed by atoms with Gasteiger partial charge < -0.3 is 4.90 Å². The minimum absolute atomic E-state index is 0. The third kappa shape index (κ3) is 3.23. The summed E-state index contributed by atoms with van der Waals surface area (Å²) in [5.74, 6) is 1.00. The van der Waals surface area contributed by atoms with E-state index in [1.807, 2.05) is 18.2 Å². The van der Waals surface area contributed by atoms with Crippen LogP contribution in [0.25, 0.3) is 11.3 Å². The van der Waals surface area contributed by atoms with Gasteiger partial charge in [-0.25, -0.2) is 0 Å². The molecule has 22 heavy (non-hydrogen) atoms. The van der Waals surface area contributed by atoms with Gasteiger partial charge >= 0.3 is 0 Å². The van der Waals surface area contributed by atoms with Gasteiger partial charge in [-0.15, -0.1) is 22.6 Å². The standard InChI is InChI=1S/C17H20N4.ClH/c1-2-4-14(5-3-1)16-8-9-17(19-18-16)21-12-10-20(11-13-21)15-6-7-15;/h1-5,8-9,15H,6-7,10-13H2;1H. The lowest BCUT2D eigenvalue weighted by Gasteiger charge is -2.35. The summed E-state index contributed by atoms with van der Waals surface area (Å²) < 4.78 is 0. The van der Waals surface area contributed by atoms with Crippen molar-refractivity contribution in [2.45, 2.75) is 18.9 Å². The summed E-state index contributed by atoms with van der Waals surface area (Å²) in [6.07, 6.45) is 2.79. The van der Waals surface area contributed by atoms with Gasteiger partial charge in [-0.2, -0.15) is 0 Å². The highest BCUT2D eigenvalue weighted by Gasteiger charge is 2.31. The van der Waals surface area contributed by atoms with E-state index in [2.05, 4.69) is 44.3 Å². The fourth-order valence-corrected chi connectivity index (χ4v) is 3.01. The number of benzene rings is 1. The zero-order valence-electron chi connectivity index (χ0n) is 12.6. The Morgan fingerprint density at radius 2 is 1.55 bits per heavy atom. The summed E-state index contributed by atoms with van der Waals surface area (Å²) in [5.41, 5.74) is 2.06. The largest absolute Gasteiger partial charge is 0.353 e. The molecule has 1 aromatic heterocycles. The lowest BCUT2D eigenvalue weighted by Crippen LogP contribution is -2.47. The van der Waals surface area contributed by atoms with E-state index in [9.17, 15) is 0 Å². The molecule has 0 amide bonds. The summed E-state index contributed by atoms with van der Waals surface area (Å²) in [4.78, 5) is 4.96. The SMILES string of the molecule is Cl.c1ccc(-c2ccc(N3CCN(C4CC4)CC3)nn2)cc1. The van der Waals surface area contributed by atoms with Crippen molar-refractivity contribution in [3.05, 3.63) is 42.5 Å². The van der Waals surface area contributed by atoms with Crippen LogP contribution in [0, 0.1) is 0 Å². The number of halogens is 1. The molecule has 0 spiro atoms. The third-order valence-corrected chi connectivity index (χ3v) is 4.42. The van der Waals surface area contributed by atoms with Gasteiger partial charge in [0.1, 0.15) is 0 Å². The number of hydrogen-bond acceptors (Lipinski definition) is 4. The molecule has 1 saturated carbocycles. The first kappa shape index (κ1) is 15.3. The lowest BCUT2D eigenvalue weighted by molar-refractivity contribution is 0.247. The Balaban J connectivity index is 0.00000144. The van der Waals surface area contributed by atoms with Crippen molar-refractivity contribution in [2.24, 2.45) is 0 Å². The molecular formula is C17H21ClN4. The quantitative estimate of drug-likeness (QED) is 0.871. The van der Waals surface area contributed by atoms with Crippen LogP contribution < -0.4 is 4.90 Å². The smallest absolute Gasteiger partial charge is 0.151 e. The third-order valence-electron chi connectivity index (χ3n) is 4.42. The van der Waals surface area contributed by atoms with E-state index >= 15 is 0 Å². The number of piperazine rings is 1. The molecule has 0 N–H and O–H groups in total. The summed E-state index contributed by atoms with van der Waals surface area (Å²) in [6, 6.07) is 15.3. The molecule has 0 radical (unpaired) electrons. The highest BCUT2D eigenvalue weighted by Crippen LogP contribution is 2.28. The van der Waals surface area contributed by atoms with Gasteiger partial charge in [-0.05, 0) is 25.0 Å². The molecule has 116 valence electrons. The fourth-order valence-electron chi connectivity index (χ4n) is 3.01. The average Bonchev–Trinajstić information content (AvgIpc) is 3.41. The van der Waals surface area contributed by atoms with Crippen molar-refractivity contribution in [1.29, 1.82) is 0 Å². The van der Waals surface area contributed by atoms with Crippen molar-refractivity contribution in [3.63, 3.8) is 0 Å². The number of aromatic nitrogens is 2. The number of hydrogen-bond donors (Lipinski definition) is 0. The second kappa shape index (κ2) is 6.63. The van der Waals surface area contributed by atoms with Gasteiger partial charge in [0.15, 0.2) is 5.82 Å². The van der Waals surface area contributed by atoms with Crippen molar-refractivity contribution < 1.29 is 0 Å². The van der Waals surface area contributed by atoms with Gasteiger partial charge in [0.2, 0.25) is 0 Å². The first-order valence-electron chi connectivity index (χ1n) is 7.78. The van der Waals surface area contributed by atoms with E-state index in [0.29, 0.717) is 0 Å². The van der Waals surface area contributed by atoms with Gasteiger partial charge in [0.05, 0.1) is 5.69 Å². The zero-order chi connectivity index (χ0) is 14.1. The number of rotatable bonds is 3. The van der Waals surface area contributed by atoms with E-state index in [1.54, 1.807) is 0 Å². The molecule has 0 bridgehead atoms. The van der Waals surface area contributed by atoms with E-state index in [4.69, 9.17) is 0 Å². The molecule has 2 aliphatic rings. The van der Waals surface area contributed by atoms with E-state index < -0.39 is 0 Å². The molecule has 2 fully saturated rings. The number of anilines is 1. The second-order valence-electron chi connectivity index (χ2n) is 5.90. The maximum absolute atomic E-state index is 4.42. The zero-order valence-corrected chi connectivity index (χ0v) is 13.4. The van der Waals surface area contributed by atoms with Gasteiger partial charge in [0, 0.05) is 37.8 Å². The Labute approximate surface area is 137 Å². The van der Waals surface area contributed by atoms with Crippen LogP contribution >= 0.6 is 12.4 Å². The maximum Gasteiger partial charge on any atom is 0.151 e. The first-order chi connectivity index (χ1) is 10.4. The van der Waals surface area contributed by atoms with E-state index in [-0.39, 0.29) is 12.4 Å². The summed E-state index contributed by atoms with van der Waals surface area (Å²) >= 11 is 0. The predicted octanol–water partition coefficient (Wildman–Crippen LogP) is 2.85. The molecule has 4 nitrogen and oxygen atoms in total. The van der Waals surface area contributed by atoms with Crippen LogP contribution in [0.2, 0.25) is 0 Å². The van der Waals surface area contributed by atoms with Gasteiger partial charge in [0.25, 0.3) is 0 Å². The Bertz CT molecular complexity index is 590.